The first-order valence-electron chi connectivity index (χ1n) is 7.74. The summed E-state index contributed by atoms with van der Waals surface area (Å²) in [6, 6.07) is 2.89. The van der Waals surface area contributed by atoms with Crippen LogP contribution in [0.1, 0.15) is 31.7 Å². The highest BCUT2D eigenvalue weighted by atomic mass is 19.1. The fraction of sp³-hybridized carbons (Fsp3) is 0.500. The Balaban J connectivity index is 1.74. The van der Waals surface area contributed by atoms with Crippen LogP contribution in [0, 0.1) is 11.7 Å². The summed E-state index contributed by atoms with van der Waals surface area (Å²) in [4.78, 5) is 13.7. The number of amidine groups is 1. The van der Waals surface area contributed by atoms with Crippen LogP contribution in [0.2, 0.25) is 0 Å². The fourth-order valence-corrected chi connectivity index (χ4v) is 3.25. The molecule has 1 aliphatic carbocycles. The molecule has 116 valence electrons. The number of fused-ring (bicyclic) bond motifs is 3. The van der Waals surface area contributed by atoms with E-state index in [-0.39, 0.29) is 24.4 Å². The summed E-state index contributed by atoms with van der Waals surface area (Å²) < 4.78 is 19.9. The van der Waals surface area contributed by atoms with E-state index < -0.39 is 0 Å². The molecule has 1 fully saturated rings. The van der Waals surface area contributed by atoms with E-state index in [4.69, 9.17) is 4.74 Å². The third-order valence-corrected chi connectivity index (χ3v) is 4.82. The van der Waals surface area contributed by atoms with Crippen LogP contribution in [-0.4, -0.2) is 24.4 Å². The fourth-order valence-electron chi connectivity index (χ4n) is 3.25. The largest absolute Gasteiger partial charge is 0.483 e. The van der Waals surface area contributed by atoms with Gasteiger partial charge in [-0.1, -0.05) is 19.3 Å². The maximum absolute atomic E-state index is 14.3. The van der Waals surface area contributed by atoms with E-state index in [1.165, 1.54) is 25.3 Å². The molecule has 0 aromatic heterocycles. The van der Waals surface area contributed by atoms with Gasteiger partial charge < -0.3 is 9.64 Å². The average molecular weight is 303 g/mol. The van der Waals surface area contributed by atoms with E-state index in [9.17, 15) is 9.18 Å². The van der Waals surface area contributed by atoms with Crippen molar-refractivity contribution in [3.8, 4) is 5.75 Å². The van der Waals surface area contributed by atoms with Crippen molar-refractivity contribution in [2.45, 2.75) is 38.6 Å². The zero-order valence-corrected chi connectivity index (χ0v) is 12.4. The number of carbonyl (C=O) groups excluding carboxylic acids is 1. The standard InChI is InChI=1S/C16H18FN3O2/c1-9-16(21)19-18-15-8-22-14-7-12(17)11(5-10-3-2-4-10)6-13(14)20(9)15/h6-7,9-10H,2-5,8H2,1H3,(H,19,21)/t9-/m0/s1. The summed E-state index contributed by atoms with van der Waals surface area (Å²) >= 11 is 0. The molecule has 0 saturated heterocycles. The highest BCUT2D eigenvalue weighted by Crippen LogP contribution is 2.39. The van der Waals surface area contributed by atoms with Crippen LogP contribution in [0.4, 0.5) is 10.1 Å². The molecule has 5 nitrogen and oxygen atoms in total. The molecule has 2 aliphatic heterocycles. The number of hydrogen-bond acceptors (Lipinski definition) is 4. The number of halogens is 1. The first-order chi connectivity index (χ1) is 10.6. The number of hydrazone groups is 1. The molecule has 0 spiro atoms. The second kappa shape index (κ2) is 4.97. The lowest BCUT2D eigenvalue weighted by molar-refractivity contribution is -0.122. The highest BCUT2D eigenvalue weighted by Gasteiger charge is 2.36. The number of nitrogens with zero attached hydrogens (tertiary/aromatic N) is 2. The molecule has 3 aliphatic rings. The van der Waals surface area contributed by atoms with E-state index in [0.29, 0.717) is 23.1 Å². The van der Waals surface area contributed by atoms with Crippen LogP contribution in [0.3, 0.4) is 0 Å². The minimum atomic E-state index is -0.378. The monoisotopic (exact) mass is 303 g/mol. The highest BCUT2D eigenvalue weighted by molar-refractivity contribution is 6.09. The molecule has 0 bridgehead atoms. The lowest BCUT2D eigenvalue weighted by Gasteiger charge is -2.38. The quantitative estimate of drug-likeness (QED) is 0.911. The molecule has 0 radical (unpaired) electrons. The maximum atomic E-state index is 14.3. The Morgan fingerprint density at radius 3 is 3.00 bits per heavy atom. The van der Waals surface area contributed by atoms with Crippen molar-refractivity contribution in [3.63, 3.8) is 0 Å². The van der Waals surface area contributed by atoms with Gasteiger partial charge in [0.25, 0.3) is 5.91 Å². The molecule has 1 aromatic rings. The predicted octanol–water partition coefficient (Wildman–Crippen LogP) is 2.20. The normalized spacial score (nSPS) is 23.7. The number of nitrogens with one attached hydrogen (secondary N) is 1. The van der Waals surface area contributed by atoms with Crippen molar-refractivity contribution in [1.82, 2.24) is 5.43 Å². The summed E-state index contributed by atoms with van der Waals surface area (Å²) in [6.07, 6.45) is 4.32. The van der Waals surface area contributed by atoms with Gasteiger partial charge in [-0.2, -0.15) is 5.10 Å². The van der Waals surface area contributed by atoms with Gasteiger partial charge in [-0.05, 0) is 30.9 Å². The topological polar surface area (TPSA) is 53.9 Å². The van der Waals surface area contributed by atoms with Crippen molar-refractivity contribution in [2.24, 2.45) is 11.0 Å². The number of benzene rings is 1. The molecule has 1 atom stereocenters. The van der Waals surface area contributed by atoms with Gasteiger partial charge in [0.05, 0.1) is 5.69 Å². The summed E-state index contributed by atoms with van der Waals surface area (Å²) in [5.41, 5.74) is 3.93. The Hall–Kier alpha value is -2.11. The second-order valence-corrected chi connectivity index (χ2v) is 6.25. The summed E-state index contributed by atoms with van der Waals surface area (Å²) in [7, 11) is 0. The van der Waals surface area contributed by atoms with E-state index in [0.717, 1.165) is 12.1 Å². The number of ether oxygens (including phenoxy) is 1. The van der Waals surface area contributed by atoms with Gasteiger partial charge in [0.2, 0.25) is 0 Å². The van der Waals surface area contributed by atoms with Crippen molar-refractivity contribution in [1.29, 1.82) is 0 Å². The molecule has 22 heavy (non-hydrogen) atoms. The maximum Gasteiger partial charge on any atom is 0.262 e. The molecule has 1 N–H and O–H groups in total. The van der Waals surface area contributed by atoms with E-state index in [1.54, 1.807) is 0 Å². The van der Waals surface area contributed by atoms with Gasteiger partial charge in [-0.15, -0.1) is 0 Å². The van der Waals surface area contributed by atoms with Crippen molar-refractivity contribution < 1.29 is 13.9 Å². The van der Waals surface area contributed by atoms with Crippen LogP contribution >= 0.6 is 0 Å². The minimum absolute atomic E-state index is 0.165. The summed E-state index contributed by atoms with van der Waals surface area (Å²) in [6.45, 7) is 2.05. The third-order valence-electron chi connectivity index (χ3n) is 4.82. The summed E-state index contributed by atoms with van der Waals surface area (Å²) in [5, 5.41) is 4.05. The number of amides is 1. The van der Waals surface area contributed by atoms with Gasteiger partial charge in [0, 0.05) is 6.07 Å². The Bertz CT molecular complexity index is 670. The number of carbonyl (C=O) groups is 1. The lowest BCUT2D eigenvalue weighted by atomic mass is 9.81. The Morgan fingerprint density at radius 2 is 2.27 bits per heavy atom. The van der Waals surface area contributed by atoms with Crippen LogP contribution < -0.4 is 15.1 Å². The van der Waals surface area contributed by atoms with Crippen LogP contribution in [-0.2, 0) is 11.2 Å². The molecule has 0 unspecified atom stereocenters. The number of hydrogen-bond donors (Lipinski definition) is 1. The van der Waals surface area contributed by atoms with E-state index >= 15 is 0 Å². The molecule has 4 rings (SSSR count). The molecule has 1 aromatic carbocycles. The van der Waals surface area contributed by atoms with E-state index in [2.05, 4.69) is 10.5 Å². The van der Waals surface area contributed by atoms with E-state index in [1.807, 2.05) is 17.9 Å². The molecule has 1 amide bonds. The molecular weight excluding hydrogens is 285 g/mol. The smallest absolute Gasteiger partial charge is 0.262 e. The van der Waals surface area contributed by atoms with Crippen LogP contribution in [0.25, 0.3) is 0 Å². The number of anilines is 1. The van der Waals surface area contributed by atoms with Crippen molar-refractivity contribution in [2.75, 3.05) is 11.5 Å². The molecule has 1 saturated carbocycles. The van der Waals surface area contributed by atoms with Gasteiger partial charge in [-0.3, -0.25) is 4.79 Å². The lowest BCUT2D eigenvalue weighted by Crippen LogP contribution is -2.55. The Kier molecular flexibility index (Phi) is 3.06. The first-order valence-corrected chi connectivity index (χ1v) is 7.74. The molecule has 6 heteroatoms. The zero-order valence-electron chi connectivity index (χ0n) is 12.4. The molecule has 2 heterocycles. The predicted molar refractivity (Wildman–Crippen MR) is 80.5 cm³/mol. The number of rotatable bonds is 2. The second-order valence-electron chi connectivity index (χ2n) is 6.25. The average Bonchev–Trinajstić information content (AvgIpc) is 2.46. The van der Waals surface area contributed by atoms with Crippen LogP contribution in [0.5, 0.6) is 5.75 Å². The van der Waals surface area contributed by atoms with Gasteiger partial charge in [0.15, 0.2) is 5.84 Å². The third kappa shape index (κ3) is 2.05. The van der Waals surface area contributed by atoms with Crippen molar-refractivity contribution in [3.05, 3.63) is 23.5 Å². The Labute approximate surface area is 128 Å². The van der Waals surface area contributed by atoms with Crippen molar-refractivity contribution >= 4 is 17.4 Å². The first kappa shape index (κ1) is 13.5. The molecular formula is C16H18FN3O2. The summed E-state index contributed by atoms with van der Waals surface area (Å²) in [5.74, 6) is 1.32. The Morgan fingerprint density at radius 1 is 1.45 bits per heavy atom. The minimum Gasteiger partial charge on any atom is -0.483 e. The van der Waals surface area contributed by atoms with Crippen LogP contribution in [0.15, 0.2) is 17.2 Å². The van der Waals surface area contributed by atoms with Gasteiger partial charge in [-0.25, -0.2) is 9.82 Å². The SMILES string of the molecule is C[C@H]1C(=O)NN=C2COc3cc(F)c(CC4CCC4)cc3N21. The van der Waals surface area contributed by atoms with Gasteiger partial charge in [0.1, 0.15) is 24.2 Å². The zero-order chi connectivity index (χ0) is 15.3. The van der Waals surface area contributed by atoms with Gasteiger partial charge >= 0.3 is 0 Å².